The minimum Gasteiger partial charge on any atom is -0.309 e. The van der Waals surface area contributed by atoms with E-state index in [-0.39, 0.29) is 11.8 Å². The normalized spacial score (nSPS) is 10.3. The van der Waals surface area contributed by atoms with Crippen molar-refractivity contribution in [2.24, 2.45) is 5.92 Å². The summed E-state index contributed by atoms with van der Waals surface area (Å²) in [5, 5.41) is 11.3. The fraction of sp³-hybridized carbons (Fsp3) is 0.444. The molecule has 14 heavy (non-hydrogen) atoms. The average Bonchev–Trinajstić information content (AvgIpc) is 2.19. The lowest BCUT2D eigenvalue weighted by Crippen LogP contribution is -2.18. The average molecular weight is 211 g/mol. The summed E-state index contributed by atoms with van der Waals surface area (Å²) in [5.41, 5.74) is 0. The van der Waals surface area contributed by atoms with Gasteiger partial charge in [0, 0.05) is 5.92 Å². The Hall–Kier alpha value is -1.10. The predicted octanol–water partition coefficient (Wildman–Crippen LogP) is 1.79. The number of thioether (sulfide) groups is 1. The van der Waals surface area contributed by atoms with Gasteiger partial charge in [-0.05, 0) is 18.4 Å². The number of hydrogen-bond donors (Lipinski definition) is 1. The number of carbonyl (C=O) groups excluding carboxylic acids is 1. The number of nitrogens with one attached hydrogen (secondary N) is 1. The summed E-state index contributed by atoms with van der Waals surface area (Å²) in [5.74, 6) is 0.412. The molecule has 0 aliphatic carbocycles. The maximum Gasteiger partial charge on any atom is 0.228 e. The number of nitrogens with zero attached hydrogens (tertiary/aromatic N) is 2. The Bertz CT molecular complexity index is 310. The van der Waals surface area contributed by atoms with E-state index in [0.29, 0.717) is 5.82 Å². The van der Waals surface area contributed by atoms with Crippen molar-refractivity contribution in [2.45, 2.75) is 18.9 Å². The quantitative estimate of drug-likeness (QED) is 0.774. The highest BCUT2D eigenvalue weighted by atomic mass is 32.2. The molecule has 1 amide bonds. The second-order valence-electron chi connectivity index (χ2n) is 3.10. The van der Waals surface area contributed by atoms with Crippen LogP contribution in [0.1, 0.15) is 13.8 Å². The minimum atomic E-state index is -0.0452. The smallest absolute Gasteiger partial charge is 0.228 e. The molecule has 1 rings (SSSR count). The summed E-state index contributed by atoms with van der Waals surface area (Å²) in [6, 6.07) is 3.58. The Balaban J connectivity index is 2.64. The predicted molar refractivity (Wildman–Crippen MR) is 57.3 cm³/mol. The van der Waals surface area contributed by atoms with Crippen LogP contribution < -0.4 is 5.32 Å². The van der Waals surface area contributed by atoms with E-state index in [1.54, 1.807) is 6.07 Å². The number of carbonyl (C=O) groups is 1. The fourth-order valence-corrected chi connectivity index (χ4v) is 1.09. The molecule has 0 bridgehead atoms. The lowest BCUT2D eigenvalue weighted by molar-refractivity contribution is -0.118. The van der Waals surface area contributed by atoms with Crippen molar-refractivity contribution in [1.29, 1.82) is 0 Å². The number of rotatable bonds is 3. The van der Waals surface area contributed by atoms with Gasteiger partial charge in [0.15, 0.2) is 5.82 Å². The van der Waals surface area contributed by atoms with Crippen LogP contribution in [0.15, 0.2) is 17.2 Å². The summed E-state index contributed by atoms with van der Waals surface area (Å²) >= 11 is 1.52. The Morgan fingerprint density at radius 3 is 2.57 bits per heavy atom. The summed E-state index contributed by atoms with van der Waals surface area (Å²) in [6.45, 7) is 3.66. The maximum atomic E-state index is 11.3. The Morgan fingerprint density at radius 2 is 2.14 bits per heavy atom. The van der Waals surface area contributed by atoms with Gasteiger partial charge in [0.1, 0.15) is 5.03 Å². The molecule has 1 aromatic rings. The van der Waals surface area contributed by atoms with Crippen molar-refractivity contribution < 1.29 is 4.79 Å². The molecule has 0 unspecified atom stereocenters. The van der Waals surface area contributed by atoms with Crippen LogP contribution in [0.5, 0.6) is 0 Å². The van der Waals surface area contributed by atoms with Gasteiger partial charge in [0.2, 0.25) is 5.91 Å². The zero-order chi connectivity index (χ0) is 10.6. The summed E-state index contributed by atoms with van der Waals surface area (Å²) < 4.78 is 0. The first-order valence-corrected chi connectivity index (χ1v) is 5.54. The van der Waals surface area contributed by atoms with Crippen LogP contribution in [0, 0.1) is 5.92 Å². The van der Waals surface area contributed by atoms with Crippen molar-refractivity contribution in [3.05, 3.63) is 12.1 Å². The molecule has 4 nitrogen and oxygen atoms in total. The van der Waals surface area contributed by atoms with Gasteiger partial charge in [-0.25, -0.2) is 0 Å². The Labute approximate surface area is 87.5 Å². The van der Waals surface area contributed by atoms with E-state index in [2.05, 4.69) is 15.5 Å². The molecule has 0 radical (unpaired) electrons. The molecule has 0 aliphatic rings. The molecule has 76 valence electrons. The third kappa shape index (κ3) is 2.99. The maximum absolute atomic E-state index is 11.3. The highest BCUT2D eigenvalue weighted by Crippen LogP contribution is 2.11. The largest absolute Gasteiger partial charge is 0.309 e. The molecule has 0 atom stereocenters. The number of anilines is 1. The first kappa shape index (κ1) is 11.0. The summed E-state index contributed by atoms with van der Waals surface area (Å²) in [4.78, 5) is 11.3. The van der Waals surface area contributed by atoms with Gasteiger partial charge in [-0.1, -0.05) is 13.8 Å². The van der Waals surface area contributed by atoms with Gasteiger partial charge in [0.05, 0.1) is 0 Å². The number of amides is 1. The molecule has 5 heteroatoms. The number of aromatic nitrogens is 2. The zero-order valence-corrected chi connectivity index (χ0v) is 9.26. The Kier molecular flexibility index (Phi) is 3.88. The van der Waals surface area contributed by atoms with Crippen LogP contribution >= 0.6 is 11.8 Å². The second kappa shape index (κ2) is 4.95. The fourth-order valence-electron chi connectivity index (χ4n) is 0.766. The molecule has 0 aliphatic heterocycles. The van der Waals surface area contributed by atoms with Crippen molar-refractivity contribution in [2.75, 3.05) is 11.6 Å². The Morgan fingerprint density at radius 1 is 1.43 bits per heavy atom. The highest BCUT2D eigenvalue weighted by molar-refractivity contribution is 7.98. The zero-order valence-electron chi connectivity index (χ0n) is 8.44. The van der Waals surface area contributed by atoms with E-state index in [9.17, 15) is 4.79 Å². The molecule has 1 N–H and O–H groups in total. The summed E-state index contributed by atoms with van der Waals surface area (Å²) in [7, 11) is 0. The van der Waals surface area contributed by atoms with Gasteiger partial charge in [-0.15, -0.1) is 22.0 Å². The lowest BCUT2D eigenvalue weighted by atomic mass is 10.2. The highest BCUT2D eigenvalue weighted by Gasteiger charge is 2.07. The molecule has 0 fully saturated rings. The van der Waals surface area contributed by atoms with Gasteiger partial charge in [0.25, 0.3) is 0 Å². The van der Waals surface area contributed by atoms with Crippen LogP contribution in [-0.2, 0) is 4.79 Å². The van der Waals surface area contributed by atoms with Crippen molar-refractivity contribution in [3.8, 4) is 0 Å². The molecule has 0 saturated carbocycles. The van der Waals surface area contributed by atoms with Gasteiger partial charge >= 0.3 is 0 Å². The van der Waals surface area contributed by atoms with E-state index in [4.69, 9.17) is 0 Å². The standard InChI is InChI=1S/C9H13N3OS/c1-6(2)9(13)10-7-4-5-8(14-3)12-11-7/h4-6H,1-3H3,(H,10,11,13). The second-order valence-corrected chi connectivity index (χ2v) is 3.93. The SMILES string of the molecule is CSc1ccc(NC(=O)C(C)C)nn1. The molecule has 0 saturated heterocycles. The molecule has 1 aromatic heterocycles. The van der Waals surface area contributed by atoms with E-state index in [0.717, 1.165) is 5.03 Å². The molecular formula is C9H13N3OS. The topological polar surface area (TPSA) is 54.9 Å². The third-order valence-electron chi connectivity index (χ3n) is 1.62. The third-order valence-corrected chi connectivity index (χ3v) is 2.26. The van der Waals surface area contributed by atoms with Crippen LogP contribution in [-0.4, -0.2) is 22.4 Å². The van der Waals surface area contributed by atoms with E-state index < -0.39 is 0 Å². The first-order valence-electron chi connectivity index (χ1n) is 4.32. The van der Waals surface area contributed by atoms with Crippen molar-refractivity contribution in [1.82, 2.24) is 10.2 Å². The molecule has 0 aromatic carbocycles. The van der Waals surface area contributed by atoms with Crippen molar-refractivity contribution in [3.63, 3.8) is 0 Å². The van der Waals surface area contributed by atoms with E-state index in [1.807, 2.05) is 26.2 Å². The van der Waals surface area contributed by atoms with Crippen LogP contribution in [0.25, 0.3) is 0 Å². The lowest BCUT2D eigenvalue weighted by Gasteiger charge is -2.05. The van der Waals surface area contributed by atoms with Gasteiger partial charge < -0.3 is 5.32 Å². The van der Waals surface area contributed by atoms with E-state index in [1.165, 1.54) is 11.8 Å². The van der Waals surface area contributed by atoms with Crippen LogP contribution in [0.2, 0.25) is 0 Å². The van der Waals surface area contributed by atoms with Crippen LogP contribution in [0.3, 0.4) is 0 Å². The van der Waals surface area contributed by atoms with Crippen molar-refractivity contribution >= 4 is 23.5 Å². The monoisotopic (exact) mass is 211 g/mol. The summed E-state index contributed by atoms with van der Waals surface area (Å²) in [6.07, 6.45) is 1.93. The van der Waals surface area contributed by atoms with Crippen LogP contribution in [0.4, 0.5) is 5.82 Å². The van der Waals surface area contributed by atoms with Gasteiger partial charge in [-0.2, -0.15) is 0 Å². The molecular weight excluding hydrogens is 198 g/mol. The first-order chi connectivity index (χ1) is 6.63. The minimum absolute atomic E-state index is 0.0444. The number of hydrogen-bond acceptors (Lipinski definition) is 4. The molecule has 0 spiro atoms. The molecule has 1 heterocycles. The van der Waals surface area contributed by atoms with Gasteiger partial charge in [-0.3, -0.25) is 4.79 Å². The van der Waals surface area contributed by atoms with E-state index >= 15 is 0 Å².